The first-order chi connectivity index (χ1) is 8.58. The highest BCUT2D eigenvalue weighted by atomic mass is 35.5. The molecule has 6 heteroatoms. The molecule has 0 fully saturated rings. The summed E-state index contributed by atoms with van der Waals surface area (Å²) in [6.07, 6.45) is 0. The van der Waals surface area contributed by atoms with Gasteiger partial charge in [-0.25, -0.2) is 13.1 Å². The van der Waals surface area contributed by atoms with E-state index in [0.717, 1.165) is 5.56 Å². The van der Waals surface area contributed by atoms with E-state index in [1.165, 1.54) is 6.07 Å². The van der Waals surface area contributed by atoms with Crippen molar-refractivity contribution in [2.75, 3.05) is 0 Å². The van der Waals surface area contributed by atoms with Crippen LogP contribution in [0.15, 0.2) is 23.1 Å². The summed E-state index contributed by atoms with van der Waals surface area (Å²) in [7, 11) is -3.62. The predicted molar refractivity (Wildman–Crippen MR) is 78.6 cm³/mol. The average Bonchev–Trinajstić information content (AvgIpc) is 2.26. The maximum Gasteiger partial charge on any atom is 0.242 e. The first kappa shape index (κ1) is 16.4. The van der Waals surface area contributed by atoms with Crippen LogP contribution in [0.3, 0.4) is 0 Å². The van der Waals surface area contributed by atoms with E-state index in [9.17, 15) is 8.42 Å². The largest absolute Gasteiger partial charge is 0.326 e. The minimum Gasteiger partial charge on any atom is -0.326 e. The van der Waals surface area contributed by atoms with E-state index in [4.69, 9.17) is 17.3 Å². The molecule has 4 nitrogen and oxygen atoms in total. The minimum atomic E-state index is -3.62. The second kappa shape index (κ2) is 5.79. The van der Waals surface area contributed by atoms with Crippen LogP contribution in [0.5, 0.6) is 0 Å². The van der Waals surface area contributed by atoms with Gasteiger partial charge in [0.1, 0.15) is 4.90 Å². The van der Waals surface area contributed by atoms with Gasteiger partial charge in [-0.15, -0.1) is 0 Å². The van der Waals surface area contributed by atoms with Crippen molar-refractivity contribution in [1.82, 2.24) is 4.72 Å². The average molecular weight is 305 g/mol. The molecule has 1 rings (SSSR count). The molecule has 1 atom stereocenters. The first-order valence-electron chi connectivity index (χ1n) is 6.09. The zero-order valence-corrected chi connectivity index (χ0v) is 13.3. The van der Waals surface area contributed by atoms with Gasteiger partial charge in [0.2, 0.25) is 10.0 Å². The molecule has 0 amide bonds. The van der Waals surface area contributed by atoms with E-state index in [1.54, 1.807) is 12.1 Å². The van der Waals surface area contributed by atoms with Gasteiger partial charge in [0.05, 0.1) is 5.02 Å². The van der Waals surface area contributed by atoms with Crippen molar-refractivity contribution in [2.45, 2.75) is 45.2 Å². The lowest BCUT2D eigenvalue weighted by molar-refractivity contribution is 0.317. The fraction of sp³-hybridized carbons (Fsp3) is 0.538. The maximum absolute atomic E-state index is 12.3. The molecule has 0 aliphatic heterocycles. The minimum absolute atomic E-state index is 0.0856. The van der Waals surface area contributed by atoms with E-state index in [0.29, 0.717) is 6.54 Å². The van der Waals surface area contributed by atoms with Gasteiger partial charge >= 0.3 is 0 Å². The van der Waals surface area contributed by atoms with Crippen molar-refractivity contribution >= 4 is 21.6 Å². The quantitative estimate of drug-likeness (QED) is 0.897. The molecular weight excluding hydrogens is 284 g/mol. The molecule has 3 N–H and O–H groups in total. The molecule has 0 heterocycles. The highest BCUT2D eigenvalue weighted by Crippen LogP contribution is 2.25. The number of nitrogens with two attached hydrogens (primary N) is 1. The van der Waals surface area contributed by atoms with E-state index < -0.39 is 10.0 Å². The van der Waals surface area contributed by atoms with E-state index in [1.807, 2.05) is 27.7 Å². The summed E-state index contributed by atoms with van der Waals surface area (Å²) in [5, 5.41) is 0.191. The summed E-state index contributed by atoms with van der Waals surface area (Å²) >= 11 is 6.02. The Kier molecular flexibility index (Phi) is 5.01. The highest BCUT2D eigenvalue weighted by Gasteiger charge is 2.27. The molecule has 0 saturated heterocycles. The standard InChI is InChI=1S/C13H21ClN2O2S/c1-9(13(2,3)4)16-19(17,18)12-6-5-10(8-15)7-11(12)14/h5-7,9,16H,8,15H2,1-4H3. The Morgan fingerprint density at radius 3 is 2.37 bits per heavy atom. The van der Waals surface area contributed by atoms with Crippen molar-refractivity contribution in [1.29, 1.82) is 0 Å². The van der Waals surface area contributed by atoms with Gasteiger partial charge in [-0.1, -0.05) is 38.4 Å². The summed E-state index contributed by atoms with van der Waals surface area (Å²) in [6.45, 7) is 8.07. The molecule has 1 aromatic rings. The lowest BCUT2D eigenvalue weighted by Gasteiger charge is -2.28. The monoisotopic (exact) mass is 304 g/mol. The van der Waals surface area contributed by atoms with E-state index in [2.05, 4.69) is 4.72 Å². The smallest absolute Gasteiger partial charge is 0.242 e. The van der Waals surface area contributed by atoms with Gasteiger partial charge in [-0.3, -0.25) is 0 Å². The third kappa shape index (κ3) is 4.18. The van der Waals surface area contributed by atoms with Crippen LogP contribution in [-0.4, -0.2) is 14.5 Å². The van der Waals surface area contributed by atoms with Crippen LogP contribution in [0.2, 0.25) is 5.02 Å². The molecule has 108 valence electrons. The molecule has 19 heavy (non-hydrogen) atoms. The van der Waals surface area contributed by atoms with Gasteiger partial charge in [0.25, 0.3) is 0 Å². The van der Waals surface area contributed by atoms with Crippen LogP contribution < -0.4 is 10.5 Å². The number of halogens is 1. The van der Waals surface area contributed by atoms with Crippen LogP contribution in [0.25, 0.3) is 0 Å². The molecule has 0 aliphatic carbocycles. The van der Waals surface area contributed by atoms with Crippen LogP contribution in [0.1, 0.15) is 33.3 Å². The fourth-order valence-corrected chi connectivity index (χ4v) is 3.38. The zero-order chi connectivity index (χ0) is 14.8. The summed E-state index contributed by atoms with van der Waals surface area (Å²) < 4.78 is 27.2. The third-order valence-electron chi connectivity index (χ3n) is 3.15. The maximum atomic E-state index is 12.3. The molecule has 0 bridgehead atoms. The van der Waals surface area contributed by atoms with Gasteiger partial charge in [0, 0.05) is 12.6 Å². The summed E-state index contributed by atoms with van der Waals surface area (Å²) in [5.74, 6) is 0. The summed E-state index contributed by atoms with van der Waals surface area (Å²) in [6, 6.07) is 4.53. The van der Waals surface area contributed by atoms with Gasteiger partial charge in [-0.05, 0) is 30.0 Å². The topological polar surface area (TPSA) is 72.2 Å². The Balaban J connectivity index is 3.08. The lowest BCUT2D eigenvalue weighted by Crippen LogP contribution is -2.41. The van der Waals surface area contributed by atoms with Crippen molar-refractivity contribution in [3.63, 3.8) is 0 Å². The third-order valence-corrected chi connectivity index (χ3v) is 5.18. The normalized spacial score (nSPS) is 14.4. The molecular formula is C13H21ClN2O2S. The molecule has 0 spiro atoms. The van der Waals surface area contributed by atoms with Crippen LogP contribution >= 0.6 is 11.6 Å². The number of rotatable bonds is 4. The molecule has 0 aromatic heterocycles. The van der Waals surface area contributed by atoms with Crippen molar-refractivity contribution < 1.29 is 8.42 Å². The van der Waals surface area contributed by atoms with Crippen molar-refractivity contribution in [2.24, 2.45) is 11.1 Å². The van der Waals surface area contributed by atoms with Crippen LogP contribution in [0, 0.1) is 5.41 Å². The first-order valence-corrected chi connectivity index (χ1v) is 7.95. The van der Waals surface area contributed by atoms with Gasteiger partial charge in [-0.2, -0.15) is 0 Å². The number of benzene rings is 1. The number of hydrogen-bond acceptors (Lipinski definition) is 3. The van der Waals surface area contributed by atoms with Crippen molar-refractivity contribution in [3.8, 4) is 0 Å². The molecule has 1 unspecified atom stereocenters. The van der Waals surface area contributed by atoms with Gasteiger partial charge < -0.3 is 5.73 Å². The zero-order valence-electron chi connectivity index (χ0n) is 11.7. The van der Waals surface area contributed by atoms with Crippen molar-refractivity contribution in [3.05, 3.63) is 28.8 Å². The fourth-order valence-electron chi connectivity index (χ4n) is 1.36. The molecule has 0 saturated carbocycles. The predicted octanol–water partition coefficient (Wildman–Crippen LogP) is 2.51. The number of nitrogens with one attached hydrogen (secondary N) is 1. The lowest BCUT2D eigenvalue weighted by atomic mass is 9.89. The Morgan fingerprint density at radius 1 is 1.37 bits per heavy atom. The Hall–Kier alpha value is -0.620. The molecule has 0 radical (unpaired) electrons. The molecule has 0 aliphatic rings. The van der Waals surface area contributed by atoms with Crippen LogP contribution in [-0.2, 0) is 16.6 Å². The summed E-state index contributed by atoms with van der Waals surface area (Å²) in [4.78, 5) is 0.0856. The second-order valence-corrected chi connectivity index (χ2v) is 7.77. The second-order valence-electron chi connectivity index (χ2n) is 5.68. The number of hydrogen-bond donors (Lipinski definition) is 2. The Labute approximate surface area is 120 Å². The Bertz CT molecular complexity index is 550. The molecule has 1 aromatic carbocycles. The number of sulfonamides is 1. The SMILES string of the molecule is CC(NS(=O)(=O)c1ccc(CN)cc1Cl)C(C)(C)C. The van der Waals surface area contributed by atoms with E-state index >= 15 is 0 Å². The summed E-state index contributed by atoms with van der Waals surface area (Å²) in [5.41, 5.74) is 6.12. The Morgan fingerprint density at radius 2 is 1.95 bits per heavy atom. The van der Waals surface area contributed by atoms with E-state index in [-0.39, 0.29) is 21.4 Å². The van der Waals surface area contributed by atoms with Gasteiger partial charge in [0.15, 0.2) is 0 Å². The van der Waals surface area contributed by atoms with Crippen LogP contribution in [0.4, 0.5) is 0 Å². The highest BCUT2D eigenvalue weighted by molar-refractivity contribution is 7.89.